The van der Waals surface area contributed by atoms with Gasteiger partial charge in [0.2, 0.25) is 0 Å². The van der Waals surface area contributed by atoms with Crippen LogP contribution in [0.15, 0.2) is 48.6 Å². The Balaban J connectivity index is -0.000000227. The second-order valence-corrected chi connectivity index (χ2v) is 12.7. The number of ether oxygens (including phenoxy) is 4. The minimum atomic E-state index is -1.45. The van der Waals surface area contributed by atoms with Crippen molar-refractivity contribution in [3.63, 3.8) is 0 Å². The number of ketones is 4. The maximum absolute atomic E-state index is 10.9. The Hall–Kier alpha value is -5.89. The molecule has 0 N–H and O–H groups in total. The molecule has 4 unspecified atom stereocenters. The molecule has 0 aromatic rings. The molecule has 0 spiro atoms. The Morgan fingerprint density at radius 3 is 0.557 bits per heavy atom. The van der Waals surface area contributed by atoms with Crippen LogP contribution in [0.1, 0.15) is 81.1 Å². The molecule has 0 fully saturated rings. The summed E-state index contributed by atoms with van der Waals surface area (Å²) in [5.74, 6) is -15.1. The third-order valence-corrected chi connectivity index (χ3v) is 7.05. The van der Waals surface area contributed by atoms with Gasteiger partial charge in [0.1, 0.15) is 23.1 Å². The molecular weight excluding hydrogens is 848 g/mol. The first kappa shape index (κ1) is 64.3. The first-order valence-corrected chi connectivity index (χ1v) is 17.6. The molecule has 0 saturated carbocycles. The molecule has 0 amide bonds. The van der Waals surface area contributed by atoms with Crippen LogP contribution in [0.25, 0.3) is 0 Å². The van der Waals surface area contributed by atoms with Crippen LogP contribution in [0.4, 0.5) is 0 Å². The molecule has 0 heterocycles. The van der Waals surface area contributed by atoms with E-state index in [1.54, 1.807) is 0 Å². The fourth-order valence-corrected chi connectivity index (χ4v) is 3.52. The Bertz CT molecular complexity index is 1360. The predicted octanol–water partition coefficient (Wildman–Crippen LogP) is -2.20. The predicted molar refractivity (Wildman–Crippen MR) is 198 cm³/mol. The van der Waals surface area contributed by atoms with Crippen molar-refractivity contribution < 1.29 is 119 Å². The molecule has 21 heteroatoms. The summed E-state index contributed by atoms with van der Waals surface area (Å²) < 4.78 is 18.6. The van der Waals surface area contributed by atoms with Gasteiger partial charge in [0, 0.05) is 22.3 Å². The molecule has 0 aromatic heterocycles. The zero-order chi connectivity index (χ0) is 48.0. The number of rotatable bonds is 24. The molecule has 0 radical (unpaired) electrons. The van der Waals surface area contributed by atoms with E-state index >= 15 is 0 Å². The maximum Gasteiger partial charge on any atom is 4.00 e. The summed E-state index contributed by atoms with van der Waals surface area (Å²) in [4.78, 5) is 129. The summed E-state index contributed by atoms with van der Waals surface area (Å²) in [7, 11) is 0. The number of Topliss-reactive ketones (excluding diaryl/α,β-unsaturated/α-hetero) is 4. The van der Waals surface area contributed by atoms with Crippen molar-refractivity contribution in [3.8, 4) is 0 Å². The molecule has 4 atom stereocenters. The van der Waals surface area contributed by atoms with Gasteiger partial charge in [-0.15, -0.1) is 0 Å². The maximum atomic E-state index is 10.9. The Morgan fingerprint density at radius 2 is 0.475 bits per heavy atom. The van der Waals surface area contributed by atoms with Crippen molar-refractivity contribution >= 4 is 70.9 Å². The first-order chi connectivity index (χ1) is 27.4. The molecule has 0 aromatic carbocycles. The summed E-state index contributed by atoms with van der Waals surface area (Å²) >= 11 is 0. The summed E-state index contributed by atoms with van der Waals surface area (Å²) in [6.45, 7) is 23.4. The quantitative estimate of drug-likeness (QED) is 0.0326. The normalized spacial score (nSPS) is 11.4. The van der Waals surface area contributed by atoms with Gasteiger partial charge in [-0.3, -0.25) is 19.2 Å². The number of hydrogen-bond donors (Lipinski definition) is 0. The van der Waals surface area contributed by atoms with Crippen molar-refractivity contribution in [2.45, 2.75) is 81.1 Å². The number of carboxylic acid groups (broad SMARTS) is 4. The van der Waals surface area contributed by atoms with Crippen molar-refractivity contribution in [3.05, 3.63) is 48.6 Å². The van der Waals surface area contributed by atoms with Crippen LogP contribution in [0.5, 0.6) is 0 Å². The first-order valence-electron chi connectivity index (χ1n) is 17.6. The van der Waals surface area contributed by atoms with Gasteiger partial charge in [-0.1, -0.05) is 26.3 Å². The summed E-state index contributed by atoms with van der Waals surface area (Å²) in [6, 6.07) is 0. The van der Waals surface area contributed by atoms with E-state index in [0.29, 0.717) is 0 Å². The Labute approximate surface area is 368 Å². The third kappa shape index (κ3) is 33.6. The van der Waals surface area contributed by atoms with Gasteiger partial charge >= 0.3 is 45.6 Å². The summed E-state index contributed by atoms with van der Waals surface area (Å²) in [5.41, 5.74) is 0.899. The number of carbonyl (C=O) groups excluding carboxylic acids is 12. The van der Waals surface area contributed by atoms with Gasteiger partial charge in [0.05, 0.1) is 74.0 Å². The van der Waals surface area contributed by atoms with Crippen LogP contribution in [0.3, 0.4) is 0 Å². The Kier molecular flexibility index (Phi) is 36.8. The number of esters is 4. The molecule has 0 aliphatic rings. The molecule has 0 aliphatic carbocycles. The zero-order valence-corrected chi connectivity index (χ0v) is 37.0. The van der Waals surface area contributed by atoms with Gasteiger partial charge in [-0.2, -0.15) is 0 Å². The number of hydrogen-bond acceptors (Lipinski definition) is 20. The van der Waals surface area contributed by atoms with Gasteiger partial charge in [0.25, 0.3) is 0 Å². The Morgan fingerprint density at radius 1 is 0.344 bits per heavy atom. The second-order valence-electron chi connectivity index (χ2n) is 12.7. The fourth-order valence-electron chi connectivity index (χ4n) is 3.52. The van der Waals surface area contributed by atoms with E-state index < -0.39 is 94.6 Å². The van der Waals surface area contributed by atoms with Crippen molar-refractivity contribution in [1.29, 1.82) is 0 Å². The van der Waals surface area contributed by atoms with E-state index in [2.05, 4.69) is 45.3 Å². The van der Waals surface area contributed by atoms with Crippen LogP contribution >= 0.6 is 0 Å². The van der Waals surface area contributed by atoms with Crippen molar-refractivity contribution in [2.75, 3.05) is 26.4 Å². The fraction of sp³-hybridized carbons (Fsp3) is 0.500. The van der Waals surface area contributed by atoms with Crippen LogP contribution in [-0.2, 0) is 98.2 Å². The van der Waals surface area contributed by atoms with Gasteiger partial charge in [-0.05, 0) is 81.1 Å². The second kappa shape index (κ2) is 34.9. The third-order valence-electron chi connectivity index (χ3n) is 7.05. The molecule has 61 heavy (non-hydrogen) atoms. The molecule has 0 saturated heterocycles. The average Bonchev–Trinajstić information content (AvgIpc) is 3.10. The zero-order valence-electron chi connectivity index (χ0n) is 35.5. The summed E-state index contributed by atoms with van der Waals surface area (Å²) in [6.07, 6.45) is -0.291. The number of carboxylic acids is 4. The number of aliphatic carboxylic acids is 4. The van der Waals surface area contributed by atoms with Crippen molar-refractivity contribution in [1.82, 2.24) is 0 Å². The molecule has 336 valence electrons. The van der Waals surface area contributed by atoms with E-state index in [4.69, 9.17) is 0 Å². The minimum Gasteiger partial charge on any atom is -0.549 e. The van der Waals surface area contributed by atoms with Crippen LogP contribution < -0.4 is 20.4 Å². The average molecular weight is 901 g/mol. The topological polar surface area (TPSA) is 334 Å². The largest absolute Gasteiger partial charge is 4.00 e. The van der Waals surface area contributed by atoms with Crippen LogP contribution in [0, 0.1) is 23.7 Å². The van der Waals surface area contributed by atoms with Crippen LogP contribution in [-0.4, -0.2) is 97.3 Å². The van der Waals surface area contributed by atoms with Gasteiger partial charge < -0.3 is 58.6 Å². The molecular formula is C40H52O20Ti. The van der Waals surface area contributed by atoms with E-state index in [-0.39, 0.29) is 96.1 Å². The van der Waals surface area contributed by atoms with E-state index in [1.165, 1.54) is 27.7 Å². The standard InChI is InChI=1S/4C10H14O5.Ti/c4*1-6(2)10(14)15-5-4-8(7(3)11)9(12)13;/h4*8H,1,4-5H2,2-3H3,(H,12,13);/q;;;;+4/p-4. The molecule has 20 nitrogen and oxygen atoms in total. The summed E-state index contributed by atoms with van der Waals surface area (Å²) in [5, 5.41) is 41.8. The SMILES string of the molecule is C=C(C)C(=O)OCCC(C(C)=O)C(=O)[O-].C=C(C)C(=O)OCCC(C(C)=O)C(=O)[O-].C=C(C)C(=O)OCCC(C(C)=O)C(=O)[O-].C=C(C)C(=O)OCCC(C(C)=O)C(=O)[O-].[Ti+4]. The molecule has 0 bridgehead atoms. The molecule has 0 rings (SSSR count). The van der Waals surface area contributed by atoms with Gasteiger partial charge in [0.15, 0.2) is 0 Å². The van der Waals surface area contributed by atoms with E-state index in [9.17, 15) is 78.0 Å². The molecule has 0 aliphatic heterocycles. The van der Waals surface area contributed by atoms with Gasteiger partial charge in [-0.25, -0.2) is 19.2 Å². The van der Waals surface area contributed by atoms with Crippen molar-refractivity contribution in [2.24, 2.45) is 23.7 Å². The smallest absolute Gasteiger partial charge is 0.549 e. The number of carbonyl (C=O) groups is 12. The minimum absolute atomic E-state index is 0. The van der Waals surface area contributed by atoms with E-state index in [0.717, 1.165) is 27.7 Å². The van der Waals surface area contributed by atoms with Crippen LogP contribution in [0.2, 0.25) is 0 Å². The monoisotopic (exact) mass is 900 g/mol. The van der Waals surface area contributed by atoms with E-state index in [1.807, 2.05) is 0 Å².